The van der Waals surface area contributed by atoms with Gasteiger partial charge in [0.1, 0.15) is 16.5 Å². The van der Waals surface area contributed by atoms with Gasteiger partial charge in [0.25, 0.3) is 0 Å². The molecular weight excluding hydrogens is 323 g/mol. The fraction of sp³-hybridized carbons (Fsp3) is 0.133. The molecule has 2 N–H and O–H groups in total. The van der Waals surface area contributed by atoms with E-state index in [9.17, 15) is 17.6 Å². The normalized spacial score (nSPS) is 11.0. The highest BCUT2D eigenvalue weighted by Crippen LogP contribution is 2.22. The summed E-state index contributed by atoms with van der Waals surface area (Å²) < 4.78 is 44.3. The van der Waals surface area contributed by atoms with Gasteiger partial charge in [0.2, 0.25) is 15.9 Å². The van der Waals surface area contributed by atoms with E-state index in [1.165, 1.54) is 43.5 Å². The van der Waals surface area contributed by atoms with Crippen molar-refractivity contribution in [3.63, 3.8) is 0 Å². The Morgan fingerprint density at radius 1 is 1.13 bits per heavy atom. The molecule has 0 heterocycles. The largest absolute Gasteiger partial charge is 0.495 e. The molecule has 0 unspecified atom stereocenters. The predicted molar refractivity (Wildman–Crippen MR) is 83.2 cm³/mol. The van der Waals surface area contributed by atoms with Gasteiger partial charge in [-0.2, -0.15) is 0 Å². The Balaban J connectivity index is 2.01. The molecule has 1 amide bonds. The molecule has 2 aromatic rings. The number of ether oxygens (including phenoxy) is 1. The van der Waals surface area contributed by atoms with Crippen LogP contribution in [-0.4, -0.2) is 28.0 Å². The molecular formula is C15H15FN2O4S. The smallest absolute Gasteiger partial charge is 0.244 e. The number of carbonyl (C=O) groups is 1. The number of hydrogen-bond donors (Lipinski definition) is 2. The number of hydrogen-bond acceptors (Lipinski definition) is 4. The maximum absolute atomic E-state index is 12.8. The summed E-state index contributed by atoms with van der Waals surface area (Å²) in [6.45, 7) is -0.461. The monoisotopic (exact) mass is 338 g/mol. The number of benzene rings is 2. The Bertz CT molecular complexity index is 791. The Hall–Kier alpha value is -2.45. The second-order valence-corrected chi connectivity index (χ2v) is 6.27. The zero-order chi connectivity index (χ0) is 16.9. The number of amides is 1. The minimum atomic E-state index is -3.89. The number of nitrogens with one attached hydrogen (secondary N) is 2. The van der Waals surface area contributed by atoms with Gasteiger partial charge in [-0.1, -0.05) is 12.1 Å². The zero-order valence-electron chi connectivity index (χ0n) is 12.2. The van der Waals surface area contributed by atoms with Crippen molar-refractivity contribution >= 4 is 21.6 Å². The molecule has 2 rings (SSSR count). The van der Waals surface area contributed by atoms with Crippen molar-refractivity contribution in [2.75, 3.05) is 19.0 Å². The van der Waals surface area contributed by atoms with E-state index in [2.05, 4.69) is 10.0 Å². The van der Waals surface area contributed by atoms with Gasteiger partial charge < -0.3 is 10.1 Å². The molecule has 0 spiro atoms. The average molecular weight is 338 g/mol. The van der Waals surface area contributed by atoms with Crippen LogP contribution in [0.3, 0.4) is 0 Å². The lowest BCUT2D eigenvalue weighted by Crippen LogP contribution is -2.33. The number of methoxy groups -OCH3 is 1. The van der Waals surface area contributed by atoms with Crippen LogP contribution in [0.4, 0.5) is 10.1 Å². The van der Waals surface area contributed by atoms with E-state index in [-0.39, 0.29) is 10.6 Å². The van der Waals surface area contributed by atoms with E-state index in [1.807, 2.05) is 0 Å². The van der Waals surface area contributed by atoms with Crippen molar-refractivity contribution < 1.29 is 22.3 Å². The van der Waals surface area contributed by atoms with Crippen molar-refractivity contribution in [3.8, 4) is 5.75 Å². The molecule has 0 aliphatic rings. The Labute approximate surface area is 133 Å². The Morgan fingerprint density at radius 3 is 2.43 bits per heavy atom. The van der Waals surface area contributed by atoms with Crippen LogP contribution in [-0.2, 0) is 14.8 Å². The number of para-hydroxylation sites is 1. The molecule has 122 valence electrons. The van der Waals surface area contributed by atoms with Gasteiger partial charge in [-0.3, -0.25) is 4.79 Å². The number of sulfonamides is 1. The van der Waals surface area contributed by atoms with Gasteiger partial charge >= 0.3 is 0 Å². The summed E-state index contributed by atoms with van der Waals surface area (Å²) in [7, 11) is -2.54. The first kappa shape index (κ1) is 16.9. The molecule has 0 saturated heterocycles. The number of rotatable bonds is 6. The zero-order valence-corrected chi connectivity index (χ0v) is 13.1. The number of anilines is 1. The number of carbonyl (C=O) groups excluding carboxylic acids is 1. The third-order valence-electron chi connectivity index (χ3n) is 2.91. The molecule has 6 nitrogen and oxygen atoms in total. The van der Waals surface area contributed by atoms with E-state index in [1.54, 1.807) is 12.1 Å². The first-order chi connectivity index (χ1) is 10.9. The van der Waals surface area contributed by atoms with E-state index < -0.39 is 28.3 Å². The Morgan fingerprint density at radius 2 is 1.78 bits per heavy atom. The third kappa shape index (κ3) is 4.51. The molecule has 0 aromatic heterocycles. The van der Waals surface area contributed by atoms with Crippen molar-refractivity contribution in [2.45, 2.75) is 4.90 Å². The summed E-state index contributed by atoms with van der Waals surface area (Å²) in [6, 6.07) is 11.2. The SMILES string of the molecule is COc1ccccc1S(=O)(=O)NCC(=O)Nc1ccc(F)cc1. The van der Waals surface area contributed by atoms with Crippen LogP contribution in [0.25, 0.3) is 0 Å². The fourth-order valence-electron chi connectivity index (χ4n) is 1.82. The second kappa shape index (κ2) is 7.21. The molecule has 2 aromatic carbocycles. The molecule has 0 radical (unpaired) electrons. The minimum absolute atomic E-state index is 0.0583. The highest BCUT2D eigenvalue weighted by atomic mass is 32.2. The van der Waals surface area contributed by atoms with Gasteiger partial charge in [-0.25, -0.2) is 17.5 Å². The van der Waals surface area contributed by atoms with Crippen molar-refractivity contribution in [1.29, 1.82) is 0 Å². The summed E-state index contributed by atoms with van der Waals surface area (Å²) in [5, 5.41) is 2.46. The van der Waals surface area contributed by atoms with Gasteiger partial charge in [0.05, 0.1) is 13.7 Å². The minimum Gasteiger partial charge on any atom is -0.495 e. The van der Waals surface area contributed by atoms with Crippen molar-refractivity contribution in [2.24, 2.45) is 0 Å². The van der Waals surface area contributed by atoms with Gasteiger partial charge in [-0.05, 0) is 36.4 Å². The lowest BCUT2D eigenvalue weighted by molar-refractivity contribution is -0.115. The van der Waals surface area contributed by atoms with Crippen LogP contribution in [0.1, 0.15) is 0 Å². The lowest BCUT2D eigenvalue weighted by atomic mass is 10.3. The molecule has 0 aliphatic carbocycles. The summed E-state index contributed by atoms with van der Waals surface area (Å²) in [5.41, 5.74) is 0.368. The van der Waals surface area contributed by atoms with Crippen LogP contribution in [0, 0.1) is 5.82 Å². The first-order valence-corrected chi connectivity index (χ1v) is 8.09. The standard InChI is InChI=1S/C15H15FN2O4S/c1-22-13-4-2-3-5-14(13)23(20,21)17-10-15(19)18-12-8-6-11(16)7-9-12/h2-9,17H,10H2,1H3,(H,18,19). The van der Waals surface area contributed by atoms with Gasteiger partial charge in [-0.15, -0.1) is 0 Å². The van der Waals surface area contributed by atoms with E-state index in [0.29, 0.717) is 5.69 Å². The molecule has 23 heavy (non-hydrogen) atoms. The predicted octanol–water partition coefficient (Wildman–Crippen LogP) is 1.75. The lowest BCUT2D eigenvalue weighted by Gasteiger charge is -2.10. The Kier molecular flexibility index (Phi) is 5.30. The molecule has 0 bridgehead atoms. The summed E-state index contributed by atoms with van der Waals surface area (Å²) in [5.74, 6) is -0.825. The second-order valence-electron chi connectivity index (χ2n) is 4.53. The average Bonchev–Trinajstić information content (AvgIpc) is 2.55. The van der Waals surface area contributed by atoms with Crippen molar-refractivity contribution in [3.05, 3.63) is 54.3 Å². The van der Waals surface area contributed by atoms with Crippen LogP contribution >= 0.6 is 0 Å². The van der Waals surface area contributed by atoms with Crippen LogP contribution in [0.5, 0.6) is 5.75 Å². The molecule has 0 aliphatic heterocycles. The fourth-order valence-corrected chi connectivity index (χ4v) is 2.97. The van der Waals surface area contributed by atoms with Crippen LogP contribution < -0.4 is 14.8 Å². The molecule has 8 heteroatoms. The topological polar surface area (TPSA) is 84.5 Å². The van der Waals surface area contributed by atoms with E-state index in [4.69, 9.17) is 4.74 Å². The van der Waals surface area contributed by atoms with Gasteiger partial charge in [0, 0.05) is 5.69 Å². The quantitative estimate of drug-likeness (QED) is 0.840. The first-order valence-electron chi connectivity index (χ1n) is 6.60. The highest BCUT2D eigenvalue weighted by Gasteiger charge is 2.19. The maximum Gasteiger partial charge on any atom is 0.244 e. The molecule has 0 fully saturated rings. The third-order valence-corrected chi connectivity index (χ3v) is 4.35. The number of halogens is 1. The van der Waals surface area contributed by atoms with E-state index in [0.717, 1.165) is 0 Å². The van der Waals surface area contributed by atoms with Crippen molar-refractivity contribution in [1.82, 2.24) is 4.72 Å². The maximum atomic E-state index is 12.8. The molecule has 0 saturated carbocycles. The summed E-state index contributed by atoms with van der Waals surface area (Å²) in [4.78, 5) is 11.7. The highest BCUT2D eigenvalue weighted by molar-refractivity contribution is 7.89. The summed E-state index contributed by atoms with van der Waals surface area (Å²) in [6.07, 6.45) is 0. The van der Waals surface area contributed by atoms with Gasteiger partial charge in [0.15, 0.2) is 0 Å². The van der Waals surface area contributed by atoms with E-state index >= 15 is 0 Å². The summed E-state index contributed by atoms with van der Waals surface area (Å²) >= 11 is 0. The van der Waals surface area contributed by atoms with Crippen LogP contribution in [0.2, 0.25) is 0 Å². The van der Waals surface area contributed by atoms with Crippen LogP contribution in [0.15, 0.2) is 53.4 Å². The molecule has 0 atom stereocenters.